The predicted molar refractivity (Wildman–Crippen MR) is 75.2 cm³/mol. The van der Waals surface area contributed by atoms with Crippen molar-refractivity contribution in [3.63, 3.8) is 0 Å². The Morgan fingerprint density at radius 3 is 2.56 bits per heavy atom. The van der Waals surface area contributed by atoms with Gasteiger partial charge in [0.2, 0.25) is 0 Å². The lowest BCUT2D eigenvalue weighted by Crippen LogP contribution is -2.11. The molecule has 1 aromatic rings. The Bertz CT molecular complexity index is 380. The molecule has 0 aromatic carbocycles. The van der Waals surface area contributed by atoms with Crippen molar-refractivity contribution in [3.8, 4) is 0 Å². The third-order valence-corrected chi connectivity index (χ3v) is 6.71. The monoisotopic (exact) mass is 364 g/mol. The zero-order chi connectivity index (χ0) is 11.5. The van der Waals surface area contributed by atoms with Crippen molar-refractivity contribution in [3.05, 3.63) is 19.2 Å². The highest BCUT2D eigenvalue weighted by Gasteiger charge is 2.21. The van der Waals surface area contributed by atoms with Crippen molar-refractivity contribution in [2.24, 2.45) is 5.92 Å². The first kappa shape index (κ1) is 12.8. The van der Waals surface area contributed by atoms with Crippen LogP contribution in [-0.2, 0) is 0 Å². The summed E-state index contributed by atoms with van der Waals surface area (Å²) in [5.41, 5.74) is 0. The Balaban J connectivity index is 1.99. The predicted octanol–water partition coefficient (Wildman–Crippen LogP) is 5.43. The van der Waals surface area contributed by atoms with Gasteiger partial charge in [0.15, 0.2) is 5.78 Å². The molecule has 0 N–H and O–H groups in total. The second kappa shape index (κ2) is 5.78. The van der Waals surface area contributed by atoms with Crippen molar-refractivity contribution in [2.75, 3.05) is 0 Å². The molecule has 1 heterocycles. The van der Waals surface area contributed by atoms with Crippen molar-refractivity contribution < 1.29 is 4.79 Å². The van der Waals surface area contributed by atoms with E-state index in [1.807, 2.05) is 5.38 Å². The van der Waals surface area contributed by atoms with Crippen LogP contribution >= 0.6 is 43.2 Å². The zero-order valence-electron chi connectivity index (χ0n) is 8.97. The lowest BCUT2D eigenvalue weighted by molar-refractivity contribution is 0.0953. The van der Waals surface area contributed by atoms with Crippen LogP contribution in [0.2, 0.25) is 0 Å². The fourth-order valence-corrected chi connectivity index (χ4v) is 4.40. The van der Waals surface area contributed by atoms with E-state index in [-0.39, 0.29) is 0 Å². The maximum absolute atomic E-state index is 12.1. The minimum Gasteiger partial charge on any atom is -0.293 e. The Morgan fingerprint density at radius 2 is 2.00 bits per heavy atom. The van der Waals surface area contributed by atoms with Crippen LogP contribution in [0, 0.1) is 5.92 Å². The maximum Gasteiger partial charge on any atom is 0.174 e. The van der Waals surface area contributed by atoms with Gasteiger partial charge in [-0.15, -0.1) is 11.3 Å². The first-order chi connectivity index (χ1) is 7.68. The lowest BCUT2D eigenvalue weighted by atomic mass is 9.85. The molecule has 0 aliphatic heterocycles. The van der Waals surface area contributed by atoms with E-state index in [1.165, 1.54) is 43.4 Å². The normalized spacial score (nSPS) is 17.6. The van der Waals surface area contributed by atoms with E-state index in [4.69, 9.17) is 0 Å². The molecule has 1 nitrogen and oxygen atoms in total. The van der Waals surface area contributed by atoms with Gasteiger partial charge in [0, 0.05) is 16.3 Å². The topological polar surface area (TPSA) is 17.1 Å². The average molecular weight is 366 g/mol. The van der Waals surface area contributed by atoms with Crippen molar-refractivity contribution in [1.82, 2.24) is 0 Å². The number of Topliss-reactive ketones (excluding diaryl/α,β-unsaturated/α-hetero) is 1. The fraction of sp³-hybridized carbons (Fsp3) is 0.583. The molecule has 4 heteroatoms. The molecule has 0 atom stereocenters. The first-order valence-electron chi connectivity index (χ1n) is 5.64. The Morgan fingerprint density at radius 1 is 1.31 bits per heavy atom. The quantitative estimate of drug-likeness (QED) is 0.653. The molecule has 0 amide bonds. The molecule has 1 fully saturated rings. The maximum atomic E-state index is 12.1. The number of ketones is 1. The number of rotatable bonds is 3. The molecule has 1 aliphatic carbocycles. The van der Waals surface area contributed by atoms with Crippen LogP contribution in [0.5, 0.6) is 0 Å². The minimum absolute atomic E-state index is 0.300. The van der Waals surface area contributed by atoms with Crippen LogP contribution in [-0.4, -0.2) is 5.78 Å². The molecular weight excluding hydrogens is 352 g/mol. The van der Waals surface area contributed by atoms with Crippen molar-refractivity contribution in [1.29, 1.82) is 0 Å². The van der Waals surface area contributed by atoms with Crippen LogP contribution in [0.25, 0.3) is 0 Å². The summed E-state index contributed by atoms with van der Waals surface area (Å²) in [6, 6.07) is 0. The van der Waals surface area contributed by atoms with Crippen molar-refractivity contribution >= 4 is 49.0 Å². The SMILES string of the molecule is O=C(CC1CCCCC1)c1scc(Br)c1Br. The number of thiophene rings is 1. The molecule has 1 aromatic heterocycles. The van der Waals surface area contributed by atoms with Gasteiger partial charge < -0.3 is 0 Å². The van der Waals surface area contributed by atoms with Crippen LogP contribution in [0.1, 0.15) is 48.2 Å². The van der Waals surface area contributed by atoms with E-state index < -0.39 is 0 Å². The highest BCUT2D eigenvalue weighted by molar-refractivity contribution is 9.13. The van der Waals surface area contributed by atoms with E-state index in [0.717, 1.165) is 20.2 Å². The van der Waals surface area contributed by atoms with Crippen molar-refractivity contribution in [2.45, 2.75) is 38.5 Å². The molecule has 2 rings (SSSR count). The molecule has 16 heavy (non-hydrogen) atoms. The minimum atomic E-state index is 0.300. The Hall–Kier alpha value is 0.330. The van der Waals surface area contributed by atoms with Gasteiger partial charge in [0.25, 0.3) is 0 Å². The summed E-state index contributed by atoms with van der Waals surface area (Å²) in [7, 11) is 0. The van der Waals surface area contributed by atoms with Gasteiger partial charge in [-0.2, -0.15) is 0 Å². The summed E-state index contributed by atoms with van der Waals surface area (Å²) >= 11 is 8.41. The summed E-state index contributed by atoms with van der Waals surface area (Å²) in [6.07, 6.45) is 7.14. The molecule has 0 bridgehead atoms. The largest absolute Gasteiger partial charge is 0.293 e. The zero-order valence-corrected chi connectivity index (χ0v) is 13.0. The highest BCUT2D eigenvalue weighted by atomic mass is 79.9. The first-order valence-corrected chi connectivity index (χ1v) is 8.10. The van der Waals surface area contributed by atoms with Crippen LogP contribution in [0.4, 0.5) is 0 Å². The van der Waals surface area contributed by atoms with Gasteiger partial charge in [-0.1, -0.05) is 32.1 Å². The molecule has 0 radical (unpaired) electrons. The van der Waals surface area contributed by atoms with Gasteiger partial charge in [-0.25, -0.2) is 0 Å². The van der Waals surface area contributed by atoms with E-state index >= 15 is 0 Å². The second-order valence-corrected chi connectivity index (χ2v) is 6.89. The van der Waals surface area contributed by atoms with Gasteiger partial charge in [-0.05, 0) is 37.8 Å². The van der Waals surface area contributed by atoms with Crippen LogP contribution in [0.15, 0.2) is 14.3 Å². The van der Waals surface area contributed by atoms with Crippen LogP contribution in [0.3, 0.4) is 0 Å². The molecule has 1 saturated carbocycles. The van der Waals surface area contributed by atoms with Gasteiger partial charge in [0.05, 0.1) is 9.35 Å². The molecule has 0 unspecified atom stereocenters. The number of carbonyl (C=O) groups excluding carboxylic acids is 1. The van der Waals surface area contributed by atoms with Gasteiger partial charge in [-0.3, -0.25) is 4.79 Å². The molecule has 1 aliphatic rings. The standard InChI is InChI=1S/C12H14Br2OS/c13-9-7-16-12(11(9)14)10(15)6-8-4-2-1-3-5-8/h7-8H,1-6H2. The summed E-state index contributed by atoms with van der Waals surface area (Å²) < 4.78 is 1.92. The third kappa shape index (κ3) is 2.96. The van der Waals surface area contributed by atoms with Gasteiger partial charge in [0.1, 0.15) is 0 Å². The highest BCUT2D eigenvalue weighted by Crippen LogP contribution is 2.35. The number of carbonyl (C=O) groups is 1. The summed E-state index contributed by atoms with van der Waals surface area (Å²) in [4.78, 5) is 13.0. The smallest absolute Gasteiger partial charge is 0.174 e. The molecule has 0 saturated heterocycles. The molecule has 0 spiro atoms. The average Bonchev–Trinajstić information content (AvgIpc) is 2.61. The number of hydrogen-bond acceptors (Lipinski definition) is 2. The molecule has 88 valence electrons. The summed E-state index contributed by atoms with van der Waals surface area (Å²) in [5, 5.41) is 1.97. The number of hydrogen-bond donors (Lipinski definition) is 0. The van der Waals surface area contributed by atoms with Gasteiger partial charge >= 0.3 is 0 Å². The fourth-order valence-electron chi connectivity index (χ4n) is 2.26. The number of halogens is 2. The lowest BCUT2D eigenvalue weighted by Gasteiger charge is -2.20. The van der Waals surface area contributed by atoms with E-state index in [2.05, 4.69) is 31.9 Å². The Kier molecular flexibility index (Phi) is 4.62. The van der Waals surface area contributed by atoms with E-state index in [0.29, 0.717) is 11.7 Å². The van der Waals surface area contributed by atoms with E-state index in [9.17, 15) is 4.79 Å². The van der Waals surface area contributed by atoms with E-state index in [1.54, 1.807) is 0 Å². The molecular formula is C12H14Br2OS. The second-order valence-electron chi connectivity index (χ2n) is 4.36. The Labute approximate surface area is 117 Å². The third-order valence-electron chi connectivity index (χ3n) is 3.14. The summed E-state index contributed by atoms with van der Waals surface area (Å²) in [6.45, 7) is 0. The van der Waals surface area contributed by atoms with Crippen LogP contribution < -0.4 is 0 Å². The summed E-state index contributed by atoms with van der Waals surface area (Å²) in [5.74, 6) is 0.920.